The first-order valence-electron chi connectivity index (χ1n) is 7.96. The number of aliphatic hydroxyl groups excluding tert-OH is 1. The van der Waals surface area contributed by atoms with Crippen molar-refractivity contribution >= 4 is 0 Å². The standard InChI is InChI=1S/C17H23FN4O/c1-20-7-6-19-17(20)13-22-10-8-21(9-11-22)12-16(23)14-2-4-15(18)5-3-14/h2-7,16,23H,8-13H2,1H3/t16-/m0/s1. The van der Waals surface area contributed by atoms with Crippen LogP contribution in [0.1, 0.15) is 17.5 Å². The van der Waals surface area contributed by atoms with E-state index >= 15 is 0 Å². The average Bonchev–Trinajstić information content (AvgIpc) is 2.95. The Bertz CT molecular complexity index is 620. The van der Waals surface area contributed by atoms with Crippen molar-refractivity contribution in [3.63, 3.8) is 0 Å². The quantitative estimate of drug-likeness (QED) is 0.905. The molecule has 2 heterocycles. The van der Waals surface area contributed by atoms with E-state index in [-0.39, 0.29) is 5.82 Å². The molecule has 0 radical (unpaired) electrons. The summed E-state index contributed by atoms with van der Waals surface area (Å²) in [7, 11) is 2.01. The van der Waals surface area contributed by atoms with Crippen molar-refractivity contribution in [3.8, 4) is 0 Å². The third-order valence-electron chi connectivity index (χ3n) is 4.44. The summed E-state index contributed by atoms with van der Waals surface area (Å²) in [5.41, 5.74) is 0.766. The molecule has 0 aliphatic carbocycles. The molecule has 0 spiro atoms. The summed E-state index contributed by atoms with van der Waals surface area (Å²) < 4.78 is 15.0. The number of hydrogen-bond acceptors (Lipinski definition) is 4. The lowest BCUT2D eigenvalue weighted by molar-refractivity contribution is 0.0689. The maximum absolute atomic E-state index is 12.9. The molecule has 1 fully saturated rings. The second-order valence-corrected chi connectivity index (χ2v) is 6.10. The second-order valence-electron chi connectivity index (χ2n) is 6.10. The molecule has 124 valence electrons. The van der Waals surface area contributed by atoms with E-state index < -0.39 is 6.10 Å². The summed E-state index contributed by atoms with van der Waals surface area (Å²) in [5.74, 6) is 0.800. The van der Waals surface area contributed by atoms with E-state index in [4.69, 9.17) is 0 Å². The van der Waals surface area contributed by atoms with Crippen molar-refractivity contribution in [1.82, 2.24) is 19.4 Å². The highest BCUT2D eigenvalue weighted by Crippen LogP contribution is 2.16. The zero-order valence-electron chi connectivity index (χ0n) is 13.4. The van der Waals surface area contributed by atoms with Crippen LogP contribution in [0.3, 0.4) is 0 Å². The third kappa shape index (κ3) is 4.16. The van der Waals surface area contributed by atoms with Gasteiger partial charge in [-0.1, -0.05) is 12.1 Å². The van der Waals surface area contributed by atoms with Gasteiger partial charge in [0.1, 0.15) is 11.6 Å². The summed E-state index contributed by atoms with van der Waals surface area (Å²) in [4.78, 5) is 8.99. The summed E-state index contributed by atoms with van der Waals surface area (Å²) in [5, 5.41) is 10.3. The van der Waals surface area contributed by atoms with E-state index in [1.54, 1.807) is 12.1 Å². The van der Waals surface area contributed by atoms with Crippen LogP contribution in [0.5, 0.6) is 0 Å². The molecule has 1 N–H and O–H groups in total. The number of rotatable bonds is 5. The fourth-order valence-corrected chi connectivity index (χ4v) is 2.91. The SMILES string of the molecule is Cn1ccnc1CN1CCN(C[C@H](O)c2ccc(F)cc2)CC1. The average molecular weight is 318 g/mol. The normalized spacial score (nSPS) is 18.2. The first kappa shape index (κ1) is 16.1. The molecule has 6 heteroatoms. The topological polar surface area (TPSA) is 44.5 Å². The van der Waals surface area contributed by atoms with Crippen LogP contribution in [0.4, 0.5) is 4.39 Å². The van der Waals surface area contributed by atoms with Gasteiger partial charge in [-0.3, -0.25) is 9.80 Å². The van der Waals surface area contributed by atoms with Gasteiger partial charge < -0.3 is 9.67 Å². The van der Waals surface area contributed by atoms with Crippen LogP contribution in [0, 0.1) is 5.82 Å². The fourth-order valence-electron chi connectivity index (χ4n) is 2.91. The van der Waals surface area contributed by atoms with Crippen LogP contribution in [-0.2, 0) is 13.6 Å². The Hall–Kier alpha value is -1.76. The van der Waals surface area contributed by atoms with Gasteiger partial charge in [0.2, 0.25) is 0 Å². The van der Waals surface area contributed by atoms with Gasteiger partial charge >= 0.3 is 0 Å². The van der Waals surface area contributed by atoms with Crippen LogP contribution >= 0.6 is 0 Å². The van der Waals surface area contributed by atoms with Gasteiger partial charge in [-0.2, -0.15) is 0 Å². The number of imidazole rings is 1. The molecule has 1 aromatic carbocycles. The monoisotopic (exact) mass is 318 g/mol. The van der Waals surface area contributed by atoms with E-state index in [1.807, 2.05) is 24.0 Å². The number of β-amino-alcohol motifs (C(OH)–C–C–N with tert-alkyl or cyclic N) is 1. The number of aromatic nitrogens is 2. The molecule has 1 aromatic heterocycles. The van der Waals surface area contributed by atoms with Crippen molar-refractivity contribution in [2.75, 3.05) is 32.7 Å². The van der Waals surface area contributed by atoms with E-state index in [0.29, 0.717) is 6.54 Å². The lowest BCUT2D eigenvalue weighted by Crippen LogP contribution is -2.47. The lowest BCUT2D eigenvalue weighted by Gasteiger charge is -2.35. The number of halogens is 1. The molecule has 0 unspecified atom stereocenters. The summed E-state index contributed by atoms with van der Waals surface area (Å²) in [6, 6.07) is 6.08. The summed E-state index contributed by atoms with van der Waals surface area (Å²) in [6.07, 6.45) is 3.21. The van der Waals surface area contributed by atoms with Crippen molar-refractivity contribution in [2.45, 2.75) is 12.6 Å². The molecule has 5 nitrogen and oxygen atoms in total. The smallest absolute Gasteiger partial charge is 0.123 e. The molecule has 1 atom stereocenters. The maximum atomic E-state index is 12.9. The highest BCUT2D eigenvalue weighted by Gasteiger charge is 2.20. The highest BCUT2D eigenvalue weighted by molar-refractivity contribution is 5.18. The Kier molecular flexibility index (Phi) is 5.05. The molecule has 1 saturated heterocycles. The van der Waals surface area contributed by atoms with E-state index in [1.165, 1.54) is 12.1 Å². The molecule has 1 aliphatic rings. The van der Waals surface area contributed by atoms with Crippen LogP contribution in [-0.4, -0.2) is 57.2 Å². The van der Waals surface area contributed by atoms with Gasteiger partial charge in [0.15, 0.2) is 0 Å². The summed E-state index contributed by atoms with van der Waals surface area (Å²) >= 11 is 0. The summed E-state index contributed by atoms with van der Waals surface area (Å²) in [6.45, 7) is 5.21. The van der Waals surface area contributed by atoms with Crippen LogP contribution in [0.15, 0.2) is 36.7 Å². The largest absolute Gasteiger partial charge is 0.387 e. The van der Waals surface area contributed by atoms with Gasteiger partial charge in [0.25, 0.3) is 0 Å². The molecular formula is C17H23FN4O. The van der Waals surface area contributed by atoms with E-state index in [0.717, 1.165) is 44.1 Å². The van der Waals surface area contributed by atoms with Crippen LogP contribution < -0.4 is 0 Å². The Labute approximate surface area is 136 Å². The van der Waals surface area contributed by atoms with Crippen LogP contribution in [0.2, 0.25) is 0 Å². The number of aryl methyl sites for hydroxylation is 1. The number of nitrogens with zero attached hydrogens (tertiary/aromatic N) is 4. The van der Waals surface area contributed by atoms with Crippen molar-refractivity contribution in [2.24, 2.45) is 7.05 Å². The van der Waals surface area contributed by atoms with E-state index in [2.05, 4.69) is 14.8 Å². The Balaban J connectivity index is 1.47. The molecule has 2 aromatic rings. The maximum Gasteiger partial charge on any atom is 0.123 e. The number of aliphatic hydroxyl groups is 1. The molecule has 0 bridgehead atoms. The van der Waals surface area contributed by atoms with Crippen molar-refractivity contribution in [3.05, 3.63) is 53.9 Å². The third-order valence-corrected chi connectivity index (χ3v) is 4.44. The van der Waals surface area contributed by atoms with Gasteiger partial charge in [0, 0.05) is 52.2 Å². The van der Waals surface area contributed by atoms with Crippen molar-refractivity contribution in [1.29, 1.82) is 0 Å². The minimum Gasteiger partial charge on any atom is -0.387 e. The predicted octanol–water partition coefficient (Wildman–Crippen LogP) is 1.41. The fraction of sp³-hybridized carbons (Fsp3) is 0.471. The van der Waals surface area contributed by atoms with Gasteiger partial charge in [-0.05, 0) is 17.7 Å². The number of hydrogen-bond donors (Lipinski definition) is 1. The minimum atomic E-state index is -0.573. The molecular weight excluding hydrogens is 295 g/mol. The first-order chi connectivity index (χ1) is 11.1. The Morgan fingerprint density at radius 3 is 2.39 bits per heavy atom. The zero-order chi connectivity index (χ0) is 16.2. The molecule has 23 heavy (non-hydrogen) atoms. The Morgan fingerprint density at radius 1 is 1.13 bits per heavy atom. The first-order valence-corrected chi connectivity index (χ1v) is 7.96. The zero-order valence-corrected chi connectivity index (χ0v) is 13.4. The predicted molar refractivity (Wildman–Crippen MR) is 86.3 cm³/mol. The van der Waals surface area contributed by atoms with E-state index in [9.17, 15) is 9.50 Å². The van der Waals surface area contributed by atoms with Gasteiger partial charge in [0.05, 0.1) is 12.6 Å². The molecule has 1 aliphatic heterocycles. The number of benzene rings is 1. The molecule has 3 rings (SSSR count). The number of piperazine rings is 1. The highest BCUT2D eigenvalue weighted by atomic mass is 19.1. The van der Waals surface area contributed by atoms with Crippen LogP contribution in [0.25, 0.3) is 0 Å². The lowest BCUT2D eigenvalue weighted by atomic mass is 10.1. The molecule has 0 saturated carbocycles. The second kappa shape index (κ2) is 7.21. The van der Waals surface area contributed by atoms with Crippen molar-refractivity contribution < 1.29 is 9.50 Å². The Morgan fingerprint density at radius 2 is 1.78 bits per heavy atom. The van der Waals surface area contributed by atoms with Gasteiger partial charge in [-0.25, -0.2) is 9.37 Å². The minimum absolute atomic E-state index is 0.274. The molecule has 0 amide bonds. The van der Waals surface area contributed by atoms with Gasteiger partial charge in [-0.15, -0.1) is 0 Å².